The zero-order valence-electron chi connectivity index (χ0n) is 21.3. The van der Waals surface area contributed by atoms with Crippen LogP contribution in [0.2, 0.25) is 0 Å². The van der Waals surface area contributed by atoms with Crippen molar-refractivity contribution >= 4 is 43.1 Å². The van der Waals surface area contributed by atoms with Gasteiger partial charge in [0.1, 0.15) is 0 Å². The van der Waals surface area contributed by atoms with E-state index in [1.807, 2.05) is 12.1 Å². The van der Waals surface area contributed by atoms with Gasteiger partial charge in [-0.1, -0.05) is 65.8 Å². The number of pyridine rings is 1. The standard InChI is InChI=1S/C30H29F3N2S/c1-28(2,3)16-23-35-26-24-18(14-22(27(26)36-23)30(31,32)33)11-12-34-25(24)19-13-17-9-7-8-10-20(17)21(15-19)29(4,5)6/h7-15H,16H2,1-6H3. The van der Waals surface area contributed by atoms with Gasteiger partial charge in [0, 0.05) is 23.6 Å². The third-order valence-corrected chi connectivity index (χ3v) is 7.45. The van der Waals surface area contributed by atoms with Gasteiger partial charge in [-0.25, -0.2) is 4.98 Å². The highest BCUT2D eigenvalue weighted by Crippen LogP contribution is 2.44. The number of rotatable bonds is 2. The molecule has 36 heavy (non-hydrogen) atoms. The minimum Gasteiger partial charge on any atom is -0.256 e. The molecule has 0 fully saturated rings. The second-order valence-electron chi connectivity index (χ2n) is 11.7. The monoisotopic (exact) mass is 506 g/mol. The normalized spacial score (nSPS) is 13.2. The molecule has 0 amide bonds. The van der Waals surface area contributed by atoms with Gasteiger partial charge in [0.05, 0.1) is 26.5 Å². The van der Waals surface area contributed by atoms with Crippen LogP contribution in [0.1, 0.15) is 57.7 Å². The van der Waals surface area contributed by atoms with Crippen LogP contribution in [0.15, 0.2) is 54.7 Å². The predicted molar refractivity (Wildman–Crippen MR) is 145 cm³/mol. The molecule has 2 heterocycles. The molecule has 5 rings (SSSR count). The Morgan fingerprint density at radius 2 is 1.56 bits per heavy atom. The van der Waals surface area contributed by atoms with Crippen LogP contribution in [-0.4, -0.2) is 9.97 Å². The van der Waals surface area contributed by atoms with Gasteiger partial charge in [0.15, 0.2) is 0 Å². The first kappa shape index (κ1) is 24.7. The Kier molecular flexibility index (Phi) is 5.67. The topological polar surface area (TPSA) is 25.8 Å². The first-order valence-corrected chi connectivity index (χ1v) is 12.9. The van der Waals surface area contributed by atoms with Crippen molar-refractivity contribution in [2.24, 2.45) is 5.41 Å². The zero-order chi connectivity index (χ0) is 26.0. The summed E-state index contributed by atoms with van der Waals surface area (Å²) in [5.74, 6) is 0. The fourth-order valence-electron chi connectivity index (χ4n) is 4.81. The molecule has 0 N–H and O–H groups in total. The summed E-state index contributed by atoms with van der Waals surface area (Å²) in [6.45, 7) is 12.7. The van der Waals surface area contributed by atoms with E-state index in [1.54, 1.807) is 12.3 Å². The predicted octanol–water partition coefficient (Wildman–Crippen LogP) is 9.57. The molecule has 6 heteroatoms. The number of aromatic nitrogens is 2. The molecule has 0 unspecified atom stereocenters. The maximum atomic E-state index is 14.1. The summed E-state index contributed by atoms with van der Waals surface area (Å²) in [7, 11) is 0. The summed E-state index contributed by atoms with van der Waals surface area (Å²) in [5.41, 5.74) is 2.25. The second kappa shape index (κ2) is 8.27. The fourth-order valence-corrected chi connectivity index (χ4v) is 6.22. The molecule has 0 atom stereocenters. The van der Waals surface area contributed by atoms with Gasteiger partial charge < -0.3 is 0 Å². The Labute approximate surface area is 213 Å². The summed E-state index contributed by atoms with van der Waals surface area (Å²) >= 11 is 1.15. The highest BCUT2D eigenvalue weighted by molar-refractivity contribution is 7.19. The number of halogens is 3. The van der Waals surface area contributed by atoms with Gasteiger partial charge in [-0.05, 0) is 56.8 Å². The Morgan fingerprint density at radius 1 is 0.833 bits per heavy atom. The number of hydrogen-bond acceptors (Lipinski definition) is 3. The van der Waals surface area contributed by atoms with E-state index in [0.717, 1.165) is 22.3 Å². The van der Waals surface area contributed by atoms with E-state index in [4.69, 9.17) is 9.97 Å². The zero-order valence-corrected chi connectivity index (χ0v) is 22.2. The lowest BCUT2D eigenvalue weighted by Crippen LogP contribution is -2.12. The second-order valence-corrected chi connectivity index (χ2v) is 12.8. The van der Waals surface area contributed by atoms with E-state index < -0.39 is 11.7 Å². The van der Waals surface area contributed by atoms with Crippen LogP contribution in [0.3, 0.4) is 0 Å². The van der Waals surface area contributed by atoms with Gasteiger partial charge in [0.2, 0.25) is 0 Å². The molecule has 2 nitrogen and oxygen atoms in total. The van der Waals surface area contributed by atoms with Crippen LogP contribution in [-0.2, 0) is 18.0 Å². The van der Waals surface area contributed by atoms with Crippen molar-refractivity contribution in [3.8, 4) is 11.3 Å². The molecule has 0 spiro atoms. The van der Waals surface area contributed by atoms with E-state index in [2.05, 4.69) is 65.8 Å². The lowest BCUT2D eigenvalue weighted by atomic mass is 9.82. The summed E-state index contributed by atoms with van der Waals surface area (Å²) in [5, 5.41) is 4.12. The Morgan fingerprint density at radius 3 is 2.22 bits per heavy atom. The van der Waals surface area contributed by atoms with E-state index in [1.165, 1.54) is 17.0 Å². The molecule has 5 aromatic rings. The minimum absolute atomic E-state index is 0.0941. The van der Waals surface area contributed by atoms with Crippen molar-refractivity contribution in [3.63, 3.8) is 0 Å². The number of thiazole rings is 1. The summed E-state index contributed by atoms with van der Waals surface area (Å²) < 4.78 is 42.6. The lowest BCUT2D eigenvalue weighted by Gasteiger charge is -2.23. The van der Waals surface area contributed by atoms with Crippen LogP contribution in [0.4, 0.5) is 13.2 Å². The van der Waals surface area contributed by atoms with Crippen LogP contribution in [0.5, 0.6) is 0 Å². The minimum atomic E-state index is -4.47. The molecule has 0 radical (unpaired) electrons. The maximum Gasteiger partial charge on any atom is 0.417 e. The van der Waals surface area contributed by atoms with E-state index >= 15 is 0 Å². The summed E-state index contributed by atoms with van der Waals surface area (Å²) in [4.78, 5) is 9.51. The lowest BCUT2D eigenvalue weighted by molar-refractivity contribution is -0.136. The van der Waals surface area contributed by atoms with Gasteiger partial charge in [-0.2, -0.15) is 13.2 Å². The molecule has 186 valence electrons. The molecule has 3 aromatic carbocycles. The van der Waals surface area contributed by atoms with Gasteiger partial charge in [-0.3, -0.25) is 4.98 Å². The van der Waals surface area contributed by atoms with E-state index in [0.29, 0.717) is 33.4 Å². The SMILES string of the molecule is CC(C)(C)Cc1nc2c(s1)c(C(F)(F)F)cc1ccnc(-c3cc(C(C)(C)C)c4ccccc4c3)c12. The van der Waals surface area contributed by atoms with Crippen molar-refractivity contribution < 1.29 is 13.2 Å². The highest BCUT2D eigenvalue weighted by Gasteiger charge is 2.35. The molecule has 0 saturated heterocycles. The van der Waals surface area contributed by atoms with Crippen molar-refractivity contribution in [2.45, 2.75) is 59.6 Å². The Bertz CT molecular complexity index is 1620. The van der Waals surface area contributed by atoms with Crippen molar-refractivity contribution in [1.29, 1.82) is 0 Å². The quantitative estimate of drug-likeness (QED) is 0.238. The molecule has 0 aliphatic rings. The smallest absolute Gasteiger partial charge is 0.256 e. The molecule has 0 aliphatic heterocycles. The van der Waals surface area contributed by atoms with E-state index in [9.17, 15) is 13.2 Å². The average molecular weight is 507 g/mol. The van der Waals surface area contributed by atoms with Crippen LogP contribution in [0, 0.1) is 5.41 Å². The largest absolute Gasteiger partial charge is 0.417 e. The van der Waals surface area contributed by atoms with E-state index in [-0.39, 0.29) is 15.5 Å². The van der Waals surface area contributed by atoms with Gasteiger partial charge >= 0.3 is 6.18 Å². The Hall–Kier alpha value is -2.99. The average Bonchev–Trinajstić information content (AvgIpc) is 3.17. The van der Waals surface area contributed by atoms with Crippen molar-refractivity contribution in [1.82, 2.24) is 9.97 Å². The first-order chi connectivity index (χ1) is 16.7. The number of nitrogens with zero attached hydrogens (tertiary/aromatic N) is 2. The molecular weight excluding hydrogens is 477 g/mol. The summed E-state index contributed by atoms with van der Waals surface area (Å²) in [6.07, 6.45) is -2.27. The highest BCUT2D eigenvalue weighted by atomic mass is 32.1. The maximum absolute atomic E-state index is 14.1. The van der Waals surface area contributed by atoms with Gasteiger partial charge in [0.25, 0.3) is 0 Å². The molecule has 2 aromatic heterocycles. The van der Waals surface area contributed by atoms with Crippen LogP contribution >= 0.6 is 11.3 Å². The van der Waals surface area contributed by atoms with Crippen LogP contribution in [0.25, 0.3) is 43.0 Å². The first-order valence-electron chi connectivity index (χ1n) is 12.0. The number of fused-ring (bicyclic) bond motifs is 4. The van der Waals surface area contributed by atoms with Crippen molar-refractivity contribution in [3.05, 3.63) is 70.9 Å². The molecule has 0 aliphatic carbocycles. The van der Waals surface area contributed by atoms with Crippen molar-refractivity contribution in [2.75, 3.05) is 0 Å². The van der Waals surface area contributed by atoms with Crippen LogP contribution < -0.4 is 0 Å². The molecule has 0 bridgehead atoms. The molecule has 0 saturated carbocycles. The third-order valence-electron chi connectivity index (χ3n) is 6.37. The number of alkyl halides is 3. The fraction of sp³-hybridized carbons (Fsp3) is 0.333. The number of hydrogen-bond donors (Lipinski definition) is 0. The number of benzene rings is 3. The summed E-state index contributed by atoms with van der Waals surface area (Å²) in [6, 6.07) is 15.3. The van der Waals surface area contributed by atoms with Gasteiger partial charge in [-0.15, -0.1) is 11.3 Å². The third kappa shape index (κ3) is 4.47. The molecular formula is C30H29F3N2S. The Balaban J connectivity index is 1.88.